The molecule has 1 aromatic rings. The number of sulfonamides is 1. The molecule has 8 heteroatoms. The van der Waals surface area contributed by atoms with Crippen LogP contribution in [0.15, 0.2) is 24.3 Å². The van der Waals surface area contributed by atoms with Gasteiger partial charge in [-0.1, -0.05) is 12.1 Å². The minimum absolute atomic E-state index is 0.137. The summed E-state index contributed by atoms with van der Waals surface area (Å²) in [6.07, 6.45) is 2.62. The van der Waals surface area contributed by atoms with Crippen molar-refractivity contribution in [1.29, 1.82) is 0 Å². The highest BCUT2D eigenvalue weighted by atomic mass is 32.2. The summed E-state index contributed by atoms with van der Waals surface area (Å²) < 4.78 is 37.9. The van der Waals surface area contributed by atoms with Crippen LogP contribution in [0.1, 0.15) is 18.4 Å². The van der Waals surface area contributed by atoms with Crippen LogP contribution in [0, 0.1) is 5.82 Å². The molecule has 0 radical (unpaired) electrons. The zero-order valence-electron chi connectivity index (χ0n) is 13.0. The maximum atomic E-state index is 12.9. The van der Waals surface area contributed by atoms with Gasteiger partial charge in [-0.15, -0.1) is 0 Å². The Morgan fingerprint density at radius 3 is 2.43 bits per heavy atom. The van der Waals surface area contributed by atoms with Crippen molar-refractivity contribution in [3.8, 4) is 0 Å². The second-order valence-corrected chi connectivity index (χ2v) is 7.71. The lowest BCUT2D eigenvalue weighted by Gasteiger charge is -2.33. The minimum Gasteiger partial charge on any atom is -0.341 e. The van der Waals surface area contributed by atoms with Crippen LogP contribution in [-0.4, -0.2) is 50.7 Å². The molecule has 1 heterocycles. The smallest absolute Gasteiger partial charge is 0.239 e. The van der Waals surface area contributed by atoms with Gasteiger partial charge < -0.3 is 10.6 Å². The topological polar surface area (TPSA) is 92.5 Å². The zero-order chi connectivity index (χ0) is 17.0. The fourth-order valence-corrected chi connectivity index (χ4v) is 3.56. The number of nitrogens with one attached hydrogen (secondary N) is 1. The van der Waals surface area contributed by atoms with E-state index in [0.717, 1.165) is 11.8 Å². The van der Waals surface area contributed by atoms with E-state index in [-0.39, 0.29) is 17.8 Å². The molecule has 3 N–H and O–H groups in total. The highest BCUT2D eigenvalue weighted by Gasteiger charge is 2.27. The molecule has 0 aliphatic carbocycles. The van der Waals surface area contributed by atoms with Crippen LogP contribution < -0.4 is 10.5 Å². The molecule has 6 nitrogen and oxygen atoms in total. The number of nitrogens with two attached hydrogens (primary N) is 1. The van der Waals surface area contributed by atoms with Crippen molar-refractivity contribution < 1.29 is 17.6 Å². The number of hydrogen-bond acceptors (Lipinski definition) is 4. The molecule has 1 saturated heterocycles. The predicted molar refractivity (Wildman–Crippen MR) is 85.7 cm³/mol. The fraction of sp³-hybridized carbons (Fsp3) is 0.533. The second-order valence-electron chi connectivity index (χ2n) is 5.93. The van der Waals surface area contributed by atoms with Gasteiger partial charge in [-0.2, -0.15) is 0 Å². The van der Waals surface area contributed by atoms with E-state index in [4.69, 9.17) is 5.73 Å². The average molecular weight is 343 g/mol. The predicted octanol–water partition coefficient (Wildman–Crippen LogP) is 0.236. The summed E-state index contributed by atoms with van der Waals surface area (Å²) >= 11 is 0. The van der Waals surface area contributed by atoms with Crippen LogP contribution in [0.25, 0.3) is 0 Å². The van der Waals surface area contributed by atoms with Gasteiger partial charge in [0.2, 0.25) is 15.9 Å². The molecule has 2 rings (SSSR count). The van der Waals surface area contributed by atoms with Crippen LogP contribution in [-0.2, 0) is 21.2 Å². The Morgan fingerprint density at radius 1 is 1.35 bits per heavy atom. The van der Waals surface area contributed by atoms with Gasteiger partial charge in [0.05, 0.1) is 12.3 Å². The fourth-order valence-electron chi connectivity index (χ4n) is 2.72. The summed E-state index contributed by atoms with van der Waals surface area (Å²) in [6.45, 7) is 0.951. The van der Waals surface area contributed by atoms with Crippen molar-refractivity contribution in [3.05, 3.63) is 35.6 Å². The SMILES string of the molecule is CS(=O)(=O)NC1CCN(C(=O)[C@@H](N)Cc2ccc(F)cc2)CC1. The molecule has 1 aliphatic heterocycles. The average Bonchev–Trinajstić information content (AvgIpc) is 2.48. The van der Waals surface area contributed by atoms with Crippen molar-refractivity contribution in [2.75, 3.05) is 19.3 Å². The molecule has 1 aliphatic rings. The summed E-state index contributed by atoms with van der Waals surface area (Å²) in [4.78, 5) is 14.0. The zero-order valence-corrected chi connectivity index (χ0v) is 13.9. The van der Waals surface area contributed by atoms with E-state index in [9.17, 15) is 17.6 Å². The third-order valence-corrected chi connectivity index (χ3v) is 4.63. The number of benzene rings is 1. The van der Waals surface area contributed by atoms with Crippen molar-refractivity contribution in [2.24, 2.45) is 5.73 Å². The number of hydrogen-bond donors (Lipinski definition) is 2. The number of rotatable bonds is 5. The monoisotopic (exact) mass is 343 g/mol. The van der Waals surface area contributed by atoms with Gasteiger partial charge in [0.1, 0.15) is 5.82 Å². The number of carbonyl (C=O) groups is 1. The van der Waals surface area contributed by atoms with Crippen LogP contribution in [0.4, 0.5) is 4.39 Å². The quantitative estimate of drug-likeness (QED) is 0.801. The minimum atomic E-state index is -3.23. The van der Waals surface area contributed by atoms with Crippen molar-refractivity contribution in [1.82, 2.24) is 9.62 Å². The van der Waals surface area contributed by atoms with E-state index in [1.807, 2.05) is 0 Å². The van der Waals surface area contributed by atoms with Crippen LogP contribution in [0.5, 0.6) is 0 Å². The molecule has 1 amide bonds. The Kier molecular flexibility index (Phi) is 5.72. The van der Waals surface area contributed by atoms with Gasteiger partial charge >= 0.3 is 0 Å². The molecular formula is C15H22FN3O3S. The van der Waals surface area contributed by atoms with E-state index in [1.54, 1.807) is 17.0 Å². The first-order valence-corrected chi connectivity index (χ1v) is 9.40. The maximum Gasteiger partial charge on any atom is 0.239 e. The Labute approximate surface area is 135 Å². The molecule has 1 atom stereocenters. The van der Waals surface area contributed by atoms with Gasteiger partial charge in [0.25, 0.3) is 0 Å². The molecule has 0 unspecified atom stereocenters. The van der Waals surface area contributed by atoms with E-state index in [0.29, 0.717) is 32.4 Å². The molecule has 0 aromatic heterocycles. The van der Waals surface area contributed by atoms with Crippen molar-refractivity contribution >= 4 is 15.9 Å². The molecule has 1 aromatic carbocycles. The standard InChI is InChI=1S/C15H22FN3O3S/c1-23(21,22)18-13-6-8-19(9-7-13)15(20)14(17)10-11-2-4-12(16)5-3-11/h2-5,13-14,18H,6-10,17H2,1H3/t14-/m0/s1. The first-order valence-electron chi connectivity index (χ1n) is 7.51. The summed E-state index contributed by atoms with van der Waals surface area (Å²) in [6, 6.07) is 5.10. The van der Waals surface area contributed by atoms with Crippen molar-refractivity contribution in [3.63, 3.8) is 0 Å². The highest BCUT2D eigenvalue weighted by Crippen LogP contribution is 2.13. The summed E-state index contributed by atoms with van der Waals surface area (Å²) in [5.74, 6) is -0.485. The summed E-state index contributed by atoms with van der Waals surface area (Å²) in [5.41, 5.74) is 6.76. The number of likely N-dealkylation sites (tertiary alicyclic amines) is 1. The molecule has 0 bridgehead atoms. The Hall–Kier alpha value is -1.51. The van der Waals surface area contributed by atoms with Gasteiger partial charge in [-0.25, -0.2) is 17.5 Å². The van der Waals surface area contributed by atoms with E-state index >= 15 is 0 Å². The number of piperidine rings is 1. The second kappa shape index (κ2) is 7.37. The molecule has 1 fully saturated rings. The summed E-state index contributed by atoms with van der Waals surface area (Å²) in [5, 5.41) is 0. The first kappa shape index (κ1) is 17.8. The molecule has 0 spiro atoms. The Balaban J connectivity index is 1.85. The van der Waals surface area contributed by atoms with E-state index < -0.39 is 16.1 Å². The lowest BCUT2D eigenvalue weighted by Crippen LogP contribution is -2.51. The third-order valence-electron chi connectivity index (χ3n) is 3.87. The van der Waals surface area contributed by atoms with Crippen LogP contribution in [0.2, 0.25) is 0 Å². The first-order chi connectivity index (χ1) is 10.7. The molecule has 0 saturated carbocycles. The number of nitrogens with zero attached hydrogens (tertiary/aromatic N) is 1. The van der Waals surface area contributed by atoms with Gasteiger partial charge in [-0.3, -0.25) is 4.79 Å². The third kappa shape index (κ3) is 5.56. The lowest BCUT2D eigenvalue weighted by molar-refractivity contribution is -0.133. The molecule has 23 heavy (non-hydrogen) atoms. The summed E-state index contributed by atoms with van der Waals surface area (Å²) in [7, 11) is -3.23. The maximum absolute atomic E-state index is 12.9. The van der Waals surface area contributed by atoms with Crippen LogP contribution >= 0.6 is 0 Å². The number of carbonyl (C=O) groups excluding carboxylic acids is 1. The molecular weight excluding hydrogens is 321 g/mol. The highest BCUT2D eigenvalue weighted by molar-refractivity contribution is 7.88. The van der Waals surface area contributed by atoms with E-state index in [1.165, 1.54) is 12.1 Å². The number of halogens is 1. The van der Waals surface area contributed by atoms with Gasteiger partial charge in [-0.05, 0) is 37.0 Å². The largest absolute Gasteiger partial charge is 0.341 e. The Morgan fingerprint density at radius 2 is 1.91 bits per heavy atom. The normalized spacial score (nSPS) is 18.0. The molecule has 128 valence electrons. The van der Waals surface area contributed by atoms with E-state index in [2.05, 4.69) is 4.72 Å². The Bertz CT molecular complexity index is 640. The van der Waals surface area contributed by atoms with Crippen LogP contribution in [0.3, 0.4) is 0 Å². The van der Waals surface area contributed by atoms with Crippen molar-refractivity contribution in [2.45, 2.75) is 31.3 Å². The van der Waals surface area contributed by atoms with Gasteiger partial charge in [0, 0.05) is 19.1 Å². The van der Waals surface area contributed by atoms with Gasteiger partial charge in [0.15, 0.2) is 0 Å². The lowest BCUT2D eigenvalue weighted by atomic mass is 10.0. The number of amides is 1.